The Hall–Kier alpha value is -0.170. The molecule has 0 saturated heterocycles. The molecule has 0 amide bonds. The zero-order chi connectivity index (χ0) is 16.4. The Kier molecular flexibility index (Phi) is 5.66. The number of hydrogen-bond donors (Lipinski definition) is 2. The van der Waals surface area contributed by atoms with E-state index >= 15 is 0 Å². The number of hydrogen-bond acceptors (Lipinski definition) is 4. The fraction of sp³-hybridized carbons (Fsp3) is 1.00. The number of ether oxygens (including phenoxy) is 1. The van der Waals surface area contributed by atoms with Crippen LogP contribution in [0.4, 0.5) is 0 Å². The summed E-state index contributed by atoms with van der Waals surface area (Å²) < 4.78 is 31.5. The van der Waals surface area contributed by atoms with Gasteiger partial charge in [-0.05, 0) is 62.8 Å². The van der Waals surface area contributed by atoms with Gasteiger partial charge in [0.05, 0.1) is 12.4 Å². The van der Waals surface area contributed by atoms with Gasteiger partial charge in [0.25, 0.3) is 0 Å². The summed E-state index contributed by atoms with van der Waals surface area (Å²) in [4.78, 5) is 0. The van der Waals surface area contributed by atoms with Crippen LogP contribution in [0.3, 0.4) is 0 Å². The molecule has 3 saturated carbocycles. The van der Waals surface area contributed by atoms with Gasteiger partial charge in [0.15, 0.2) is 0 Å². The SMILES string of the molecule is COC1C[C@H]2CC(NCC3CCCCC3NS(C)(=O)=O)C[C@H]2C1. The third kappa shape index (κ3) is 4.68. The lowest BCUT2D eigenvalue weighted by Crippen LogP contribution is -2.46. The first-order valence-corrected chi connectivity index (χ1v) is 11.1. The van der Waals surface area contributed by atoms with E-state index in [9.17, 15) is 8.42 Å². The summed E-state index contributed by atoms with van der Waals surface area (Å²) in [5.74, 6) is 2.09. The van der Waals surface area contributed by atoms with Crippen molar-refractivity contribution in [1.29, 1.82) is 0 Å². The third-order valence-corrected chi connectivity index (χ3v) is 6.98. The minimum Gasteiger partial charge on any atom is -0.381 e. The molecule has 0 aromatic carbocycles. The Balaban J connectivity index is 1.46. The van der Waals surface area contributed by atoms with Crippen LogP contribution in [-0.2, 0) is 14.8 Å². The maximum absolute atomic E-state index is 11.6. The van der Waals surface area contributed by atoms with E-state index in [1.54, 1.807) is 0 Å². The smallest absolute Gasteiger partial charge is 0.208 e. The highest BCUT2D eigenvalue weighted by molar-refractivity contribution is 7.88. The fourth-order valence-corrected chi connectivity index (χ4v) is 5.98. The summed E-state index contributed by atoms with van der Waals surface area (Å²) in [6, 6.07) is 0.730. The lowest BCUT2D eigenvalue weighted by molar-refractivity contribution is 0.100. The first kappa shape index (κ1) is 17.6. The summed E-state index contributed by atoms with van der Waals surface area (Å²) in [7, 11) is -1.27. The molecule has 6 heteroatoms. The summed E-state index contributed by atoms with van der Waals surface area (Å²) in [5.41, 5.74) is 0. The van der Waals surface area contributed by atoms with Crippen LogP contribution in [-0.4, -0.2) is 46.5 Å². The Morgan fingerprint density at radius 3 is 2.30 bits per heavy atom. The molecule has 3 aliphatic rings. The van der Waals surface area contributed by atoms with Gasteiger partial charge in [-0.2, -0.15) is 0 Å². The minimum absolute atomic E-state index is 0.116. The molecule has 0 aromatic rings. The highest BCUT2D eigenvalue weighted by atomic mass is 32.2. The van der Waals surface area contributed by atoms with E-state index in [0.29, 0.717) is 18.1 Å². The molecule has 3 fully saturated rings. The maximum atomic E-state index is 11.6. The van der Waals surface area contributed by atoms with Gasteiger partial charge < -0.3 is 10.1 Å². The molecule has 0 heterocycles. The molecular weight excluding hydrogens is 312 g/mol. The zero-order valence-electron chi connectivity index (χ0n) is 14.5. The van der Waals surface area contributed by atoms with Gasteiger partial charge in [-0.25, -0.2) is 13.1 Å². The number of methoxy groups -OCH3 is 1. The molecule has 2 N–H and O–H groups in total. The first-order chi connectivity index (χ1) is 10.9. The molecule has 3 rings (SSSR count). The molecule has 0 spiro atoms. The molecule has 0 radical (unpaired) electrons. The van der Waals surface area contributed by atoms with Crippen LogP contribution in [0.2, 0.25) is 0 Å². The van der Waals surface area contributed by atoms with Crippen molar-refractivity contribution in [2.45, 2.75) is 69.6 Å². The topological polar surface area (TPSA) is 67.4 Å². The zero-order valence-corrected chi connectivity index (χ0v) is 15.3. The summed E-state index contributed by atoms with van der Waals surface area (Å²) in [6.45, 7) is 0.949. The van der Waals surface area contributed by atoms with E-state index in [2.05, 4.69) is 10.0 Å². The molecule has 6 atom stereocenters. The number of nitrogens with one attached hydrogen (secondary N) is 2. The largest absolute Gasteiger partial charge is 0.381 e. The molecule has 4 unspecified atom stereocenters. The van der Waals surface area contributed by atoms with Crippen molar-refractivity contribution in [2.75, 3.05) is 19.9 Å². The van der Waals surface area contributed by atoms with Crippen LogP contribution in [0.25, 0.3) is 0 Å². The Morgan fingerprint density at radius 1 is 1.04 bits per heavy atom. The second-order valence-electron chi connectivity index (χ2n) is 7.97. The molecule has 5 nitrogen and oxygen atoms in total. The summed E-state index contributed by atoms with van der Waals surface area (Å²) >= 11 is 0. The minimum atomic E-state index is -3.11. The van der Waals surface area contributed by atoms with E-state index in [1.165, 1.54) is 38.4 Å². The van der Waals surface area contributed by atoms with Crippen LogP contribution in [0.1, 0.15) is 51.4 Å². The summed E-state index contributed by atoms with van der Waals surface area (Å²) in [5, 5.41) is 3.75. The molecule has 0 bridgehead atoms. The molecular formula is C17H32N2O3S. The van der Waals surface area contributed by atoms with Gasteiger partial charge in [-0.15, -0.1) is 0 Å². The van der Waals surface area contributed by atoms with Gasteiger partial charge >= 0.3 is 0 Å². The molecule has 134 valence electrons. The average molecular weight is 345 g/mol. The van der Waals surface area contributed by atoms with Crippen molar-refractivity contribution in [3.63, 3.8) is 0 Å². The number of rotatable bonds is 6. The van der Waals surface area contributed by atoms with E-state index in [4.69, 9.17) is 4.74 Å². The van der Waals surface area contributed by atoms with Crippen molar-refractivity contribution >= 4 is 10.0 Å². The Labute approximate surface area is 141 Å². The second kappa shape index (κ2) is 7.38. The van der Waals surface area contributed by atoms with Gasteiger partial charge in [0.1, 0.15) is 0 Å². The average Bonchev–Trinajstić information content (AvgIpc) is 3.02. The normalized spacial score (nSPS) is 41.1. The Bertz CT molecular complexity index is 482. The van der Waals surface area contributed by atoms with E-state index in [0.717, 1.165) is 37.6 Å². The van der Waals surface area contributed by atoms with E-state index < -0.39 is 10.0 Å². The van der Waals surface area contributed by atoms with Crippen molar-refractivity contribution in [1.82, 2.24) is 10.0 Å². The van der Waals surface area contributed by atoms with Crippen molar-refractivity contribution in [2.24, 2.45) is 17.8 Å². The van der Waals surface area contributed by atoms with Crippen LogP contribution >= 0.6 is 0 Å². The maximum Gasteiger partial charge on any atom is 0.208 e. The van der Waals surface area contributed by atoms with Crippen LogP contribution in [0.5, 0.6) is 0 Å². The van der Waals surface area contributed by atoms with Gasteiger partial charge in [-0.3, -0.25) is 0 Å². The highest BCUT2D eigenvalue weighted by Gasteiger charge is 2.41. The summed E-state index contributed by atoms with van der Waals surface area (Å²) in [6.07, 6.45) is 11.2. The van der Waals surface area contributed by atoms with Crippen molar-refractivity contribution < 1.29 is 13.2 Å². The molecule has 23 heavy (non-hydrogen) atoms. The predicted molar refractivity (Wildman–Crippen MR) is 91.8 cm³/mol. The van der Waals surface area contributed by atoms with Crippen molar-refractivity contribution in [3.05, 3.63) is 0 Å². The second-order valence-corrected chi connectivity index (χ2v) is 9.75. The fourth-order valence-electron chi connectivity index (χ4n) is 5.12. The van der Waals surface area contributed by atoms with Gasteiger partial charge in [0, 0.05) is 19.2 Å². The Morgan fingerprint density at radius 2 is 1.70 bits per heavy atom. The molecule has 3 aliphatic carbocycles. The lowest BCUT2D eigenvalue weighted by Gasteiger charge is -2.32. The van der Waals surface area contributed by atoms with Gasteiger partial charge in [0.2, 0.25) is 10.0 Å². The van der Waals surface area contributed by atoms with E-state index in [-0.39, 0.29) is 6.04 Å². The van der Waals surface area contributed by atoms with Crippen molar-refractivity contribution in [3.8, 4) is 0 Å². The van der Waals surface area contributed by atoms with Crippen LogP contribution in [0, 0.1) is 17.8 Å². The monoisotopic (exact) mass is 344 g/mol. The molecule has 0 aromatic heterocycles. The quantitative estimate of drug-likeness (QED) is 0.772. The first-order valence-electron chi connectivity index (χ1n) is 9.18. The predicted octanol–water partition coefficient (Wildman–Crippen LogP) is 1.89. The molecule has 0 aliphatic heterocycles. The highest BCUT2D eigenvalue weighted by Crippen LogP contribution is 2.45. The van der Waals surface area contributed by atoms with E-state index in [1.807, 2.05) is 7.11 Å². The van der Waals surface area contributed by atoms with Crippen LogP contribution in [0.15, 0.2) is 0 Å². The van der Waals surface area contributed by atoms with Gasteiger partial charge in [-0.1, -0.05) is 12.8 Å². The third-order valence-electron chi connectivity index (χ3n) is 6.25. The van der Waals surface area contributed by atoms with Crippen LogP contribution < -0.4 is 10.0 Å². The lowest BCUT2D eigenvalue weighted by atomic mass is 9.85. The number of sulfonamides is 1. The standard InChI is InChI=1S/C17H32N2O3S/c1-22-16-9-13-7-15(8-14(13)10-16)18-11-12-5-3-4-6-17(12)19-23(2,20)21/h12-19H,3-11H2,1-2H3/t12?,13-,14+,15?,16?,17?. The number of fused-ring (bicyclic) bond motifs is 1.